The van der Waals surface area contributed by atoms with E-state index in [1.165, 1.54) is 30.3 Å². The summed E-state index contributed by atoms with van der Waals surface area (Å²) in [6, 6.07) is 9.15. The van der Waals surface area contributed by atoms with Crippen molar-refractivity contribution in [3.63, 3.8) is 0 Å². The molecule has 0 heterocycles. The van der Waals surface area contributed by atoms with Gasteiger partial charge in [0.1, 0.15) is 12.4 Å². The van der Waals surface area contributed by atoms with Gasteiger partial charge in [0.25, 0.3) is 0 Å². The van der Waals surface area contributed by atoms with E-state index in [2.05, 4.69) is 0 Å². The Balaban J connectivity index is 0.00000220. The number of para-hydroxylation sites is 1. The molecule has 2 aromatic carbocycles. The summed E-state index contributed by atoms with van der Waals surface area (Å²) < 4.78 is 56.8. The Morgan fingerprint density at radius 2 is 1.71 bits per heavy atom. The van der Waals surface area contributed by atoms with Gasteiger partial charge in [-0.15, -0.1) is 0 Å². The van der Waals surface area contributed by atoms with Crippen molar-refractivity contribution in [2.24, 2.45) is 0 Å². The van der Waals surface area contributed by atoms with Gasteiger partial charge in [-0.1, -0.05) is 29.7 Å². The molecule has 0 aliphatic heterocycles. The van der Waals surface area contributed by atoms with Gasteiger partial charge in [0.15, 0.2) is 0 Å². The summed E-state index contributed by atoms with van der Waals surface area (Å²) in [5.74, 6) is -0.675. The number of ether oxygens (including phenoxy) is 1. The third-order valence-corrected chi connectivity index (χ3v) is 2.97. The second kappa shape index (κ2) is 7.78. The molecule has 7 heteroatoms. The normalized spacial score (nSPS) is 10.9. The van der Waals surface area contributed by atoms with Crippen LogP contribution in [-0.4, -0.2) is 6.98 Å². The first-order chi connectivity index (χ1) is 9.38. The molecule has 0 saturated carbocycles. The Morgan fingerprint density at radius 3 is 2.38 bits per heavy atom. The smallest absolute Gasteiger partial charge is 0.492 e. The van der Waals surface area contributed by atoms with Crippen LogP contribution in [0.1, 0.15) is 11.1 Å². The Morgan fingerprint density at radius 1 is 1.05 bits per heavy atom. The second-order valence-electron chi connectivity index (χ2n) is 4.47. The van der Waals surface area contributed by atoms with Crippen LogP contribution in [0.25, 0.3) is 0 Å². The summed E-state index contributed by atoms with van der Waals surface area (Å²) in [5.41, 5.74) is 0.512. The number of aryl methyl sites for hydroxylation is 1. The quantitative estimate of drug-likeness (QED) is 0.597. The molecule has 106 valence electrons. The molecule has 0 saturated heterocycles. The molecule has 0 radical (unpaired) electrons. The van der Waals surface area contributed by atoms with Crippen molar-refractivity contribution in [1.82, 2.24) is 0 Å². The molecule has 0 aliphatic carbocycles. The third-order valence-electron chi connectivity index (χ3n) is 2.97. The van der Waals surface area contributed by atoms with E-state index in [-0.39, 0.29) is 63.7 Å². The second-order valence-corrected chi connectivity index (χ2v) is 4.47. The summed E-state index contributed by atoms with van der Waals surface area (Å²) in [5, 5.41) is 0. The first kappa shape index (κ1) is 18.7. The molecule has 1 nitrogen and oxygen atoms in total. The van der Waals surface area contributed by atoms with Gasteiger partial charge >= 0.3 is 58.4 Å². The average molecular weight is 322 g/mol. The van der Waals surface area contributed by atoms with E-state index in [4.69, 9.17) is 4.74 Å². The number of hydrogen-bond donors (Lipinski definition) is 0. The predicted octanol–water partition coefficient (Wildman–Crippen LogP) is 0.772. The Labute approximate surface area is 163 Å². The summed E-state index contributed by atoms with van der Waals surface area (Å²) in [4.78, 5) is 0. The van der Waals surface area contributed by atoms with Crippen LogP contribution in [0, 0.1) is 12.7 Å². The van der Waals surface area contributed by atoms with Crippen LogP contribution in [-0.2, 0) is 6.61 Å². The predicted molar refractivity (Wildman–Crippen MR) is 70.6 cm³/mol. The number of benzene rings is 2. The van der Waals surface area contributed by atoms with Crippen molar-refractivity contribution in [2.45, 2.75) is 13.5 Å². The van der Waals surface area contributed by atoms with Gasteiger partial charge in [0, 0.05) is 0 Å². The molecule has 0 N–H and O–H groups in total. The van der Waals surface area contributed by atoms with E-state index in [9.17, 15) is 17.3 Å². The molecule has 21 heavy (non-hydrogen) atoms. The van der Waals surface area contributed by atoms with Crippen LogP contribution in [0.3, 0.4) is 0 Å². The maximum absolute atomic E-state index is 13.1. The minimum atomic E-state index is -5.14. The molecule has 0 bridgehead atoms. The number of hydrogen-bond acceptors (Lipinski definition) is 1. The SMILES string of the molecule is Cc1ccc(F)cc1COc1ccccc1[B-](F)(F)F.[K+]. The maximum Gasteiger partial charge on any atom is 1.00 e. The van der Waals surface area contributed by atoms with Gasteiger partial charge in [-0.3, -0.25) is 0 Å². The average Bonchev–Trinajstić information content (AvgIpc) is 2.39. The van der Waals surface area contributed by atoms with Crippen molar-refractivity contribution < 1.29 is 73.5 Å². The van der Waals surface area contributed by atoms with E-state index in [0.29, 0.717) is 5.56 Å². The molecule has 0 unspecified atom stereocenters. The molecule has 0 aromatic heterocycles. The van der Waals surface area contributed by atoms with E-state index in [1.54, 1.807) is 13.0 Å². The van der Waals surface area contributed by atoms with Crippen LogP contribution in [0.5, 0.6) is 5.75 Å². The zero-order valence-corrected chi connectivity index (χ0v) is 14.9. The van der Waals surface area contributed by atoms with Gasteiger partial charge in [-0.25, -0.2) is 4.39 Å². The van der Waals surface area contributed by atoms with E-state index >= 15 is 0 Å². The maximum atomic E-state index is 13.1. The van der Waals surface area contributed by atoms with Gasteiger partial charge in [0.05, 0.1) is 5.75 Å². The largest absolute Gasteiger partial charge is 1.00 e. The van der Waals surface area contributed by atoms with E-state index in [1.807, 2.05) is 0 Å². The topological polar surface area (TPSA) is 9.23 Å². The standard InChI is InChI=1S/C14H12BF4O.K/c1-10-6-7-12(16)8-11(10)9-20-14-5-3-2-4-13(14)15(17,18)19;/h2-8H,9H2,1H3;/q-1;+1. The van der Waals surface area contributed by atoms with Crippen LogP contribution < -0.4 is 61.6 Å². The monoisotopic (exact) mass is 322 g/mol. The fraction of sp³-hybridized carbons (Fsp3) is 0.143. The van der Waals surface area contributed by atoms with Gasteiger partial charge in [-0.05, 0) is 36.2 Å². The Hall–Kier alpha value is -0.339. The van der Waals surface area contributed by atoms with Gasteiger partial charge in [-0.2, -0.15) is 0 Å². The minimum Gasteiger partial charge on any atom is -0.492 e. The van der Waals surface area contributed by atoms with E-state index in [0.717, 1.165) is 11.6 Å². The van der Waals surface area contributed by atoms with Crippen LogP contribution in [0.4, 0.5) is 17.3 Å². The fourth-order valence-corrected chi connectivity index (χ4v) is 1.83. The third kappa shape index (κ3) is 5.10. The molecule has 0 spiro atoms. The molecule has 0 atom stereocenters. The summed E-state index contributed by atoms with van der Waals surface area (Å²) in [6.07, 6.45) is 0. The summed E-state index contributed by atoms with van der Waals surface area (Å²) >= 11 is 0. The zero-order chi connectivity index (χ0) is 14.8. The molecule has 0 aliphatic rings. The number of rotatable bonds is 4. The Kier molecular flexibility index (Phi) is 6.93. The molecule has 0 amide bonds. The van der Waals surface area contributed by atoms with Crippen molar-refractivity contribution in [1.29, 1.82) is 0 Å². The Bertz CT molecular complexity index is 616. The van der Waals surface area contributed by atoms with Crippen molar-refractivity contribution in [2.75, 3.05) is 0 Å². The minimum absolute atomic E-state index is 0. The first-order valence-corrected chi connectivity index (χ1v) is 6.04. The van der Waals surface area contributed by atoms with Crippen molar-refractivity contribution in [3.8, 4) is 5.75 Å². The molecule has 2 rings (SSSR count). The zero-order valence-electron chi connectivity index (χ0n) is 11.7. The number of halogens is 4. The van der Waals surface area contributed by atoms with E-state index < -0.39 is 18.3 Å². The van der Waals surface area contributed by atoms with Gasteiger partial charge < -0.3 is 17.7 Å². The molecular weight excluding hydrogens is 310 g/mol. The molecular formula is C14H12BF4KO. The van der Waals surface area contributed by atoms with Crippen LogP contribution in [0.2, 0.25) is 0 Å². The fourth-order valence-electron chi connectivity index (χ4n) is 1.83. The van der Waals surface area contributed by atoms with Crippen LogP contribution >= 0.6 is 0 Å². The van der Waals surface area contributed by atoms with Crippen molar-refractivity contribution >= 4 is 12.4 Å². The first-order valence-electron chi connectivity index (χ1n) is 6.04. The van der Waals surface area contributed by atoms with Crippen LogP contribution in [0.15, 0.2) is 42.5 Å². The molecule has 0 fully saturated rings. The summed E-state index contributed by atoms with van der Waals surface area (Å²) in [6.45, 7) is -3.49. The van der Waals surface area contributed by atoms with Gasteiger partial charge in [0.2, 0.25) is 0 Å². The summed E-state index contributed by atoms with van der Waals surface area (Å²) in [7, 11) is 0. The van der Waals surface area contributed by atoms with Crippen molar-refractivity contribution in [3.05, 3.63) is 59.4 Å². The molecule has 2 aromatic rings.